The molecule has 0 saturated carbocycles. The van der Waals surface area contributed by atoms with Crippen LogP contribution < -0.4 is 0 Å². The third-order valence-corrected chi connectivity index (χ3v) is 2.64. The number of benzene rings is 1. The Hall–Kier alpha value is -1.30. The highest BCUT2D eigenvalue weighted by atomic mass is 79.9. The normalized spacial score (nSPS) is 11.2. The van der Waals surface area contributed by atoms with Crippen LogP contribution in [0.25, 0.3) is 0 Å². The monoisotopic (exact) mass is 320 g/mol. The van der Waals surface area contributed by atoms with E-state index in [9.17, 15) is 18.4 Å². The summed E-state index contributed by atoms with van der Waals surface area (Å²) in [5.41, 5.74) is -2.34. The van der Waals surface area contributed by atoms with E-state index in [-0.39, 0.29) is 4.47 Å². The molecule has 0 N–H and O–H groups in total. The Balaban J connectivity index is 3.23. The van der Waals surface area contributed by atoms with Gasteiger partial charge in [0.2, 0.25) is 5.78 Å². The topological polar surface area (TPSA) is 43.4 Å². The molecule has 98 valence electrons. The molecule has 0 aromatic heterocycles. The van der Waals surface area contributed by atoms with Gasteiger partial charge in [0.1, 0.15) is 11.6 Å². The molecule has 0 aliphatic rings. The van der Waals surface area contributed by atoms with Crippen molar-refractivity contribution in [1.82, 2.24) is 0 Å². The second-order valence-electron chi connectivity index (χ2n) is 4.18. The summed E-state index contributed by atoms with van der Waals surface area (Å²) >= 11 is 2.91. The maximum Gasteiger partial charge on any atom is 0.303 e. The lowest BCUT2D eigenvalue weighted by atomic mass is 9.95. The number of carbonyl (C=O) groups excluding carboxylic acids is 2. The predicted molar refractivity (Wildman–Crippen MR) is 64.2 cm³/mol. The molecule has 0 unspecified atom stereocenters. The number of Topliss-reactive ketones (excluding diaryl/α,β-unsaturated/α-hetero) is 1. The Bertz CT molecular complexity index is 489. The van der Waals surface area contributed by atoms with Crippen molar-refractivity contribution in [2.45, 2.75) is 26.4 Å². The zero-order valence-electron chi connectivity index (χ0n) is 10.0. The maximum atomic E-state index is 13.6. The fraction of sp³-hybridized carbons (Fsp3) is 0.333. The molecule has 0 bridgehead atoms. The first kappa shape index (κ1) is 14.8. The lowest BCUT2D eigenvalue weighted by Gasteiger charge is -2.23. The summed E-state index contributed by atoms with van der Waals surface area (Å²) in [7, 11) is 0. The number of ether oxygens (including phenoxy) is 1. The van der Waals surface area contributed by atoms with Crippen molar-refractivity contribution in [2.75, 3.05) is 0 Å². The first-order valence-electron chi connectivity index (χ1n) is 5.04. The molecule has 1 aromatic rings. The first-order chi connectivity index (χ1) is 8.15. The SMILES string of the molecule is CC(=O)OC(C)(C)C(=O)c1c(F)cc(Br)cc1F. The number of rotatable bonds is 3. The minimum atomic E-state index is -1.62. The fourth-order valence-corrected chi connectivity index (χ4v) is 1.87. The Morgan fingerprint density at radius 2 is 1.67 bits per heavy atom. The lowest BCUT2D eigenvalue weighted by Crippen LogP contribution is -2.37. The van der Waals surface area contributed by atoms with E-state index in [1.165, 1.54) is 13.8 Å². The summed E-state index contributed by atoms with van der Waals surface area (Å²) in [5.74, 6) is -3.65. The number of hydrogen-bond donors (Lipinski definition) is 0. The molecule has 6 heteroatoms. The summed E-state index contributed by atoms with van der Waals surface area (Å²) in [4.78, 5) is 22.8. The molecular weight excluding hydrogens is 310 g/mol. The van der Waals surface area contributed by atoms with Crippen LogP contribution in [0.3, 0.4) is 0 Å². The predicted octanol–water partition coefficient (Wildman–Crippen LogP) is 3.25. The minimum Gasteiger partial charge on any atom is -0.451 e. The summed E-state index contributed by atoms with van der Waals surface area (Å²) in [6.07, 6.45) is 0. The van der Waals surface area contributed by atoms with E-state index in [0.29, 0.717) is 0 Å². The lowest BCUT2D eigenvalue weighted by molar-refractivity contribution is -0.149. The third kappa shape index (κ3) is 3.13. The minimum absolute atomic E-state index is 0.180. The number of halogens is 3. The van der Waals surface area contributed by atoms with Crippen LogP contribution in [-0.4, -0.2) is 17.4 Å². The van der Waals surface area contributed by atoms with Crippen LogP contribution in [0.15, 0.2) is 16.6 Å². The zero-order chi connectivity index (χ0) is 14.1. The standard InChI is InChI=1S/C12H11BrF2O3/c1-6(16)18-12(2,3)11(17)10-8(14)4-7(13)5-9(10)15/h4-5H,1-3H3. The number of esters is 1. The molecule has 0 heterocycles. The highest BCUT2D eigenvalue weighted by Gasteiger charge is 2.35. The smallest absolute Gasteiger partial charge is 0.303 e. The van der Waals surface area contributed by atoms with Gasteiger partial charge in [0.05, 0.1) is 5.56 Å². The second kappa shape index (κ2) is 5.14. The molecular formula is C12H11BrF2O3. The van der Waals surface area contributed by atoms with Crippen molar-refractivity contribution in [2.24, 2.45) is 0 Å². The third-order valence-electron chi connectivity index (χ3n) is 2.18. The average Bonchev–Trinajstić information content (AvgIpc) is 2.13. The van der Waals surface area contributed by atoms with Crippen LogP contribution in [0.4, 0.5) is 8.78 Å². The molecule has 0 saturated heterocycles. The first-order valence-corrected chi connectivity index (χ1v) is 5.83. The van der Waals surface area contributed by atoms with Crippen molar-refractivity contribution in [3.63, 3.8) is 0 Å². The molecule has 3 nitrogen and oxygen atoms in total. The van der Waals surface area contributed by atoms with Crippen molar-refractivity contribution in [1.29, 1.82) is 0 Å². The van der Waals surface area contributed by atoms with E-state index in [2.05, 4.69) is 15.9 Å². The average molecular weight is 321 g/mol. The molecule has 0 radical (unpaired) electrons. The number of carbonyl (C=O) groups is 2. The molecule has 0 aliphatic heterocycles. The van der Waals surface area contributed by atoms with Crippen molar-refractivity contribution >= 4 is 27.7 Å². The molecule has 0 amide bonds. The van der Waals surface area contributed by atoms with Gasteiger partial charge in [0, 0.05) is 11.4 Å². The van der Waals surface area contributed by atoms with E-state index in [1.807, 2.05) is 0 Å². The van der Waals surface area contributed by atoms with E-state index in [4.69, 9.17) is 4.74 Å². The maximum absolute atomic E-state index is 13.6. The van der Waals surface area contributed by atoms with Gasteiger partial charge in [-0.1, -0.05) is 15.9 Å². The Labute approximate surface area is 111 Å². The molecule has 1 aromatic carbocycles. The molecule has 18 heavy (non-hydrogen) atoms. The summed E-state index contributed by atoms with van der Waals surface area (Å²) < 4.78 is 32.1. The summed E-state index contributed by atoms with van der Waals surface area (Å²) in [5, 5.41) is 0. The van der Waals surface area contributed by atoms with Crippen LogP contribution in [0.1, 0.15) is 31.1 Å². The molecule has 0 fully saturated rings. The van der Waals surface area contributed by atoms with Gasteiger partial charge in [0.25, 0.3) is 0 Å². The molecule has 0 atom stereocenters. The largest absolute Gasteiger partial charge is 0.451 e. The summed E-state index contributed by atoms with van der Waals surface area (Å²) in [6.45, 7) is 3.67. The van der Waals surface area contributed by atoms with Gasteiger partial charge in [0.15, 0.2) is 5.60 Å². The fourth-order valence-electron chi connectivity index (χ4n) is 1.47. The van der Waals surface area contributed by atoms with E-state index in [1.54, 1.807) is 0 Å². The van der Waals surface area contributed by atoms with Gasteiger partial charge in [-0.25, -0.2) is 8.78 Å². The van der Waals surface area contributed by atoms with Crippen molar-refractivity contribution in [3.8, 4) is 0 Å². The van der Waals surface area contributed by atoms with E-state index in [0.717, 1.165) is 19.1 Å². The summed E-state index contributed by atoms with van der Waals surface area (Å²) in [6, 6.07) is 1.94. The van der Waals surface area contributed by atoms with Crippen LogP contribution in [0.5, 0.6) is 0 Å². The van der Waals surface area contributed by atoms with E-state index < -0.39 is 34.6 Å². The van der Waals surface area contributed by atoms with Crippen LogP contribution in [0.2, 0.25) is 0 Å². The zero-order valence-corrected chi connectivity index (χ0v) is 11.6. The van der Waals surface area contributed by atoms with Crippen LogP contribution in [0, 0.1) is 11.6 Å². The molecule has 0 spiro atoms. The van der Waals surface area contributed by atoms with Gasteiger partial charge >= 0.3 is 5.97 Å². The highest BCUT2D eigenvalue weighted by molar-refractivity contribution is 9.10. The van der Waals surface area contributed by atoms with Crippen LogP contribution >= 0.6 is 15.9 Å². The van der Waals surface area contributed by atoms with Gasteiger partial charge in [-0.05, 0) is 26.0 Å². The molecule has 0 aliphatic carbocycles. The van der Waals surface area contributed by atoms with Gasteiger partial charge in [-0.2, -0.15) is 0 Å². The van der Waals surface area contributed by atoms with Gasteiger partial charge in [-0.3, -0.25) is 9.59 Å². The number of ketones is 1. The Kier molecular flexibility index (Phi) is 4.21. The Morgan fingerprint density at radius 1 is 1.22 bits per heavy atom. The van der Waals surface area contributed by atoms with Gasteiger partial charge in [-0.15, -0.1) is 0 Å². The van der Waals surface area contributed by atoms with Crippen molar-refractivity contribution < 1.29 is 23.1 Å². The van der Waals surface area contributed by atoms with Crippen molar-refractivity contribution in [3.05, 3.63) is 33.8 Å². The highest BCUT2D eigenvalue weighted by Crippen LogP contribution is 2.25. The van der Waals surface area contributed by atoms with Crippen LogP contribution in [-0.2, 0) is 9.53 Å². The number of hydrogen-bond acceptors (Lipinski definition) is 3. The Morgan fingerprint density at radius 3 is 2.06 bits per heavy atom. The van der Waals surface area contributed by atoms with Gasteiger partial charge < -0.3 is 4.74 Å². The van der Waals surface area contributed by atoms with E-state index >= 15 is 0 Å². The second-order valence-corrected chi connectivity index (χ2v) is 5.09. The molecule has 1 rings (SSSR count). The quantitative estimate of drug-likeness (QED) is 0.634.